The number of aromatic nitrogens is 9. The molecule has 9 nitrogen and oxygen atoms in total. The summed E-state index contributed by atoms with van der Waals surface area (Å²) < 4.78 is 9.26. The zero-order valence-electron chi connectivity index (χ0n) is 69.4. The Morgan fingerprint density at radius 1 is 0.205 bits per heavy atom. The van der Waals surface area contributed by atoms with Gasteiger partial charge in [0.1, 0.15) is 22.8 Å². The van der Waals surface area contributed by atoms with E-state index in [-0.39, 0.29) is 5.41 Å². The van der Waals surface area contributed by atoms with Gasteiger partial charge in [-0.25, -0.2) is 24.9 Å². The largest absolute Gasteiger partial charge is 0.292 e. The molecule has 592 valence electrons. The highest BCUT2D eigenvalue weighted by Crippen LogP contribution is 2.51. The van der Waals surface area contributed by atoms with Crippen molar-refractivity contribution >= 4 is 169 Å². The Morgan fingerprint density at radius 2 is 0.575 bits per heavy atom. The van der Waals surface area contributed by atoms with Crippen LogP contribution in [0.1, 0.15) is 25.0 Å². The van der Waals surface area contributed by atoms with Gasteiger partial charge < -0.3 is 0 Å². The summed E-state index contributed by atoms with van der Waals surface area (Å²) in [5.74, 6) is 0.935. The highest BCUT2D eigenvalue weighted by Gasteiger charge is 2.36. The lowest BCUT2D eigenvalue weighted by Gasteiger charge is -2.22. The molecule has 0 spiro atoms. The number of hydrogen-bond donors (Lipinski definition) is 0. The van der Waals surface area contributed by atoms with Crippen molar-refractivity contribution in [1.29, 1.82) is 0 Å². The summed E-state index contributed by atoms with van der Waals surface area (Å²) in [5.41, 5.74) is 31.6. The Labute approximate surface area is 728 Å². The Bertz CT molecular complexity index is 9330. The maximum atomic E-state index is 5.16. The third-order valence-corrected chi connectivity index (χ3v) is 26.8. The van der Waals surface area contributed by atoms with E-state index in [0.717, 1.165) is 117 Å². The van der Waals surface area contributed by atoms with Crippen LogP contribution in [0.4, 0.5) is 0 Å². The summed E-state index contributed by atoms with van der Waals surface area (Å²) in [4.78, 5) is 25.7. The van der Waals surface area contributed by atoms with Gasteiger partial charge in [0, 0.05) is 60.1 Å². The molecule has 0 radical (unpaired) electrons. The van der Waals surface area contributed by atoms with Gasteiger partial charge in [-0.3, -0.25) is 17.8 Å². The van der Waals surface area contributed by atoms with E-state index in [1.807, 2.05) is 12.1 Å². The van der Waals surface area contributed by atoms with E-state index in [2.05, 4.69) is 438 Å². The van der Waals surface area contributed by atoms with Crippen LogP contribution in [0.15, 0.2) is 419 Å². The normalized spacial score (nSPS) is 12.6. The molecule has 1 aliphatic rings. The summed E-state index contributed by atoms with van der Waals surface area (Å²) >= 11 is 0. The van der Waals surface area contributed by atoms with E-state index in [1.54, 1.807) is 0 Å². The van der Waals surface area contributed by atoms with Gasteiger partial charge in [-0.1, -0.05) is 311 Å². The molecule has 1 aliphatic carbocycles. The zero-order valence-corrected chi connectivity index (χ0v) is 69.4. The molecule has 0 bridgehead atoms. The second kappa shape index (κ2) is 28.2. The molecule has 8 heterocycles. The van der Waals surface area contributed by atoms with Crippen molar-refractivity contribution in [2.24, 2.45) is 0 Å². The van der Waals surface area contributed by atoms with E-state index in [0.29, 0.717) is 0 Å². The molecule has 8 aromatic heterocycles. The molecule has 0 atom stereocenters. The minimum atomic E-state index is -0.0215. The number of pyridine rings is 4. The molecule has 9 heteroatoms. The first-order chi connectivity index (χ1) is 62.7. The quantitative estimate of drug-likeness (QED) is 0.155. The standard InChI is InChI=1S/C42H26N4.C38H23N3.C38H26N2/c1-2-11-31(12-3-1)45-38-16-8-6-14-35(38)43-41(45)29-20-18-27(19-21-29)30-23-25-37-34(26-30)33-24-22-28-10-4-5-13-32(28)40(33)42-44-36-15-7-9-17-39(36)46(37)42;1-2-10-26-22-27(17-16-24(26)8-1)32-13-7-14-33(39-32)28-19-21-35-31(23-28)30-20-18-25-9-3-4-11-29(25)37(30)38-40-34-12-5-6-15-36(34)41(35)38;1-38(2)31-12-6-5-11-27(31)28-18-16-25(22-32(28)38)24-17-20-34-30(21-24)29-19-15-23-9-3-4-10-26(23)36(29)37-39-33-13-7-8-14-35(33)40(34)37/h1-26H;1-23H;3-22H,1-2H3. The molecule has 0 N–H and O–H groups in total. The summed E-state index contributed by atoms with van der Waals surface area (Å²) in [7, 11) is 0. The summed E-state index contributed by atoms with van der Waals surface area (Å²) in [6.45, 7) is 4.70. The predicted molar refractivity (Wildman–Crippen MR) is 530 cm³/mol. The van der Waals surface area contributed by atoms with Crippen LogP contribution in [-0.2, 0) is 5.41 Å². The fourth-order valence-electron chi connectivity index (χ4n) is 20.7. The van der Waals surface area contributed by atoms with Crippen LogP contribution in [0.25, 0.3) is 242 Å². The highest BCUT2D eigenvalue weighted by molar-refractivity contribution is 6.27. The second-order valence-electron chi connectivity index (χ2n) is 34.2. The highest BCUT2D eigenvalue weighted by atomic mass is 15.1. The van der Waals surface area contributed by atoms with Gasteiger partial charge in [0.05, 0.1) is 72.1 Å². The summed E-state index contributed by atoms with van der Waals surface area (Å²) in [6, 6.07) is 150. The van der Waals surface area contributed by atoms with E-state index in [1.165, 1.54) is 136 Å². The van der Waals surface area contributed by atoms with Crippen molar-refractivity contribution in [2.45, 2.75) is 19.3 Å². The Hall–Kier alpha value is -16.8. The minimum absolute atomic E-state index is 0.0215. The fraction of sp³-hybridized carbons (Fsp3) is 0.0254. The first-order valence-corrected chi connectivity index (χ1v) is 43.5. The van der Waals surface area contributed by atoms with E-state index >= 15 is 0 Å². The van der Waals surface area contributed by atoms with Gasteiger partial charge in [0.15, 0.2) is 0 Å². The van der Waals surface area contributed by atoms with E-state index in [9.17, 15) is 0 Å². The number of nitrogens with zero attached hydrogens (tertiary/aromatic N) is 9. The van der Waals surface area contributed by atoms with Crippen LogP contribution in [0.5, 0.6) is 0 Å². The first-order valence-electron chi connectivity index (χ1n) is 43.5. The molecular formula is C118H75N9. The van der Waals surface area contributed by atoms with Crippen LogP contribution < -0.4 is 0 Å². The Balaban J connectivity index is 0.000000101. The van der Waals surface area contributed by atoms with Crippen molar-refractivity contribution in [1.82, 2.24) is 42.7 Å². The van der Waals surface area contributed by atoms with Crippen LogP contribution in [0, 0.1) is 0 Å². The van der Waals surface area contributed by atoms with Gasteiger partial charge >= 0.3 is 0 Å². The lowest BCUT2D eigenvalue weighted by molar-refractivity contribution is 0.660. The Morgan fingerprint density at radius 3 is 1.11 bits per heavy atom. The van der Waals surface area contributed by atoms with Gasteiger partial charge in [-0.15, -0.1) is 0 Å². The van der Waals surface area contributed by atoms with Gasteiger partial charge in [-0.05, 0) is 225 Å². The van der Waals surface area contributed by atoms with Gasteiger partial charge in [0.25, 0.3) is 0 Å². The number of imidazole rings is 4. The number of fused-ring (bicyclic) bond motifs is 35. The first kappa shape index (κ1) is 71.9. The predicted octanol–water partition coefficient (Wildman–Crippen LogP) is 30.4. The molecule has 0 aliphatic heterocycles. The van der Waals surface area contributed by atoms with Crippen molar-refractivity contribution in [3.8, 4) is 73.0 Å². The van der Waals surface area contributed by atoms with Crippen molar-refractivity contribution in [3.63, 3.8) is 0 Å². The molecule has 127 heavy (non-hydrogen) atoms. The van der Waals surface area contributed by atoms with Crippen molar-refractivity contribution < 1.29 is 0 Å². The van der Waals surface area contributed by atoms with Crippen molar-refractivity contribution in [3.05, 3.63) is 430 Å². The van der Waals surface area contributed by atoms with Crippen LogP contribution in [-0.4, -0.2) is 42.7 Å². The summed E-state index contributed by atoms with van der Waals surface area (Å²) in [6.07, 6.45) is 0. The SMILES string of the molecule is CC1(C)c2ccccc2-c2ccc(-c3ccc4c(c3)c3ccc5ccccc5c3c3nc5ccccc5n43)cc21.c1cc(-c2ccc3ccccc3c2)nc(-c2ccc3c(c2)c2ccc4ccccc4c2c2nc4ccccc4n32)c1.c1ccc(-n2c(-c3ccc(-c4ccc5c(c4)c4ccc6ccccc6c4c4nc6ccccc6n54)cc3)nc3ccccc32)cc1. The maximum Gasteiger partial charge on any atom is 0.147 e. The molecule has 0 saturated heterocycles. The van der Waals surface area contributed by atoms with E-state index < -0.39 is 0 Å². The molecule has 19 aromatic carbocycles. The summed E-state index contributed by atoms with van der Waals surface area (Å²) in [5, 5.41) is 20.7. The third-order valence-electron chi connectivity index (χ3n) is 26.8. The van der Waals surface area contributed by atoms with Crippen LogP contribution in [0.3, 0.4) is 0 Å². The molecular weight excluding hydrogens is 1540 g/mol. The molecule has 0 amide bonds. The lowest BCUT2D eigenvalue weighted by atomic mass is 9.81. The van der Waals surface area contributed by atoms with Crippen LogP contribution in [0.2, 0.25) is 0 Å². The molecule has 28 rings (SSSR count). The van der Waals surface area contributed by atoms with Crippen LogP contribution >= 0.6 is 0 Å². The second-order valence-corrected chi connectivity index (χ2v) is 34.2. The van der Waals surface area contributed by atoms with Crippen molar-refractivity contribution in [2.75, 3.05) is 0 Å². The topological polar surface area (TPSA) is 82.6 Å². The smallest absolute Gasteiger partial charge is 0.147 e. The molecule has 0 saturated carbocycles. The molecule has 0 fully saturated rings. The Kier molecular flexibility index (Phi) is 15.9. The average molecular weight is 1620 g/mol. The molecule has 0 unspecified atom stereocenters. The number of hydrogen-bond acceptors (Lipinski definition) is 5. The number of benzene rings is 19. The third kappa shape index (κ3) is 11.2. The monoisotopic (exact) mass is 1620 g/mol. The minimum Gasteiger partial charge on any atom is -0.292 e. The zero-order chi connectivity index (χ0) is 83.7. The number of para-hydroxylation sites is 9. The molecule has 27 aromatic rings. The lowest BCUT2D eigenvalue weighted by Crippen LogP contribution is -2.14. The van der Waals surface area contributed by atoms with Gasteiger partial charge in [-0.2, -0.15) is 0 Å². The fourth-order valence-corrected chi connectivity index (χ4v) is 20.7. The average Bonchev–Trinajstić information content (AvgIpc) is 1.23. The number of rotatable bonds is 6. The maximum absolute atomic E-state index is 5.16. The van der Waals surface area contributed by atoms with E-state index in [4.69, 9.17) is 24.9 Å². The van der Waals surface area contributed by atoms with Gasteiger partial charge in [0.2, 0.25) is 0 Å².